The van der Waals surface area contributed by atoms with Gasteiger partial charge in [0.2, 0.25) is 0 Å². The van der Waals surface area contributed by atoms with E-state index in [4.69, 9.17) is 0 Å². The van der Waals surface area contributed by atoms with Crippen LogP contribution in [0.5, 0.6) is 0 Å². The van der Waals surface area contributed by atoms with Crippen molar-refractivity contribution in [3.8, 4) is 0 Å². The van der Waals surface area contributed by atoms with Crippen molar-refractivity contribution in [3.63, 3.8) is 0 Å². The molecule has 2 heteroatoms. The summed E-state index contributed by atoms with van der Waals surface area (Å²) < 4.78 is 0. The molecule has 1 atom stereocenters. The van der Waals surface area contributed by atoms with Crippen molar-refractivity contribution in [2.75, 3.05) is 0 Å². The van der Waals surface area contributed by atoms with Gasteiger partial charge in [0.1, 0.15) is 11.9 Å². The molecule has 2 aromatic carbocycles. The second-order valence-corrected chi connectivity index (χ2v) is 4.12. The normalized spacial score (nSPS) is 18.3. The van der Waals surface area contributed by atoms with Crippen molar-refractivity contribution in [2.45, 2.75) is 6.10 Å². The lowest BCUT2D eigenvalue weighted by Gasteiger charge is -2.09. The van der Waals surface area contributed by atoms with Crippen molar-refractivity contribution < 1.29 is 10.2 Å². The van der Waals surface area contributed by atoms with Crippen molar-refractivity contribution >= 4 is 11.3 Å². The summed E-state index contributed by atoms with van der Waals surface area (Å²) in [6.45, 7) is 0. The average Bonchev–Trinajstić information content (AvgIpc) is 2.64. The van der Waals surface area contributed by atoms with Crippen LogP contribution in [0.1, 0.15) is 22.8 Å². The Bertz CT molecular complexity index is 585. The molecule has 0 radical (unpaired) electrons. The highest BCUT2D eigenvalue weighted by Crippen LogP contribution is 2.43. The molecule has 0 amide bonds. The number of aliphatic hydroxyl groups is 2. The highest BCUT2D eigenvalue weighted by molar-refractivity contribution is 5.95. The van der Waals surface area contributed by atoms with Crippen LogP contribution in [0.4, 0.5) is 0 Å². The summed E-state index contributed by atoms with van der Waals surface area (Å²) in [4.78, 5) is 0. The van der Waals surface area contributed by atoms with Crippen LogP contribution in [-0.4, -0.2) is 10.2 Å². The van der Waals surface area contributed by atoms with Gasteiger partial charge in [-0.15, -0.1) is 0 Å². The molecule has 2 nitrogen and oxygen atoms in total. The molecule has 0 bridgehead atoms. The Labute approximate surface area is 99.5 Å². The molecule has 3 rings (SSSR count). The third-order valence-corrected chi connectivity index (χ3v) is 3.12. The molecule has 1 unspecified atom stereocenters. The fraction of sp³-hybridized carbons (Fsp3) is 0.0667. The van der Waals surface area contributed by atoms with Crippen molar-refractivity contribution in [3.05, 3.63) is 71.3 Å². The maximum absolute atomic E-state index is 10.2. The van der Waals surface area contributed by atoms with Gasteiger partial charge in [-0.25, -0.2) is 0 Å². The monoisotopic (exact) mass is 224 g/mol. The van der Waals surface area contributed by atoms with Gasteiger partial charge < -0.3 is 10.2 Å². The van der Waals surface area contributed by atoms with Gasteiger partial charge in [0, 0.05) is 11.1 Å². The Balaban J connectivity index is 2.18. The van der Waals surface area contributed by atoms with Crippen LogP contribution in [0.3, 0.4) is 0 Å². The summed E-state index contributed by atoms with van der Waals surface area (Å²) in [5, 5.41) is 20.4. The highest BCUT2D eigenvalue weighted by atomic mass is 16.3. The van der Waals surface area contributed by atoms with E-state index in [-0.39, 0.29) is 5.76 Å². The molecule has 0 aliphatic heterocycles. The third-order valence-electron chi connectivity index (χ3n) is 3.12. The van der Waals surface area contributed by atoms with Crippen LogP contribution in [0.15, 0.2) is 54.6 Å². The van der Waals surface area contributed by atoms with Gasteiger partial charge in [-0.05, 0) is 11.1 Å². The molecule has 2 N–H and O–H groups in total. The smallest absolute Gasteiger partial charge is 0.129 e. The van der Waals surface area contributed by atoms with E-state index in [0.717, 1.165) is 16.7 Å². The zero-order chi connectivity index (χ0) is 11.8. The number of hydrogen-bond acceptors (Lipinski definition) is 2. The third kappa shape index (κ3) is 1.46. The summed E-state index contributed by atoms with van der Waals surface area (Å²) in [6, 6.07) is 16.9. The fourth-order valence-electron chi connectivity index (χ4n) is 2.29. The predicted molar refractivity (Wildman–Crippen MR) is 67.3 cm³/mol. The molecule has 17 heavy (non-hydrogen) atoms. The quantitative estimate of drug-likeness (QED) is 0.781. The lowest BCUT2D eigenvalue weighted by atomic mass is 10.0. The van der Waals surface area contributed by atoms with E-state index >= 15 is 0 Å². The van der Waals surface area contributed by atoms with E-state index in [0.29, 0.717) is 5.57 Å². The maximum Gasteiger partial charge on any atom is 0.129 e. The zero-order valence-electron chi connectivity index (χ0n) is 9.17. The van der Waals surface area contributed by atoms with Crippen molar-refractivity contribution in [1.82, 2.24) is 0 Å². The molecular formula is C15H12O2. The first-order valence-electron chi connectivity index (χ1n) is 5.55. The molecular weight excluding hydrogens is 212 g/mol. The van der Waals surface area contributed by atoms with E-state index in [9.17, 15) is 10.2 Å². The summed E-state index contributed by atoms with van der Waals surface area (Å²) >= 11 is 0. The molecule has 0 spiro atoms. The minimum atomic E-state index is -0.742. The van der Waals surface area contributed by atoms with E-state index in [2.05, 4.69) is 0 Å². The van der Waals surface area contributed by atoms with E-state index < -0.39 is 6.10 Å². The molecule has 0 saturated carbocycles. The predicted octanol–water partition coefficient (Wildman–Crippen LogP) is 3.16. The minimum Gasteiger partial charge on any atom is -0.507 e. The van der Waals surface area contributed by atoms with Gasteiger partial charge in [0.25, 0.3) is 0 Å². The van der Waals surface area contributed by atoms with Crippen molar-refractivity contribution in [2.24, 2.45) is 0 Å². The summed E-state index contributed by atoms with van der Waals surface area (Å²) in [5.41, 5.74) is 2.93. The second-order valence-electron chi connectivity index (χ2n) is 4.12. The molecule has 0 fully saturated rings. The van der Waals surface area contributed by atoms with Crippen LogP contribution < -0.4 is 0 Å². The average molecular weight is 224 g/mol. The van der Waals surface area contributed by atoms with Gasteiger partial charge in [0.05, 0.1) is 0 Å². The van der Waals surface area contributed by atoms with E-state index in [1.54, 1.807) is 0 Å². The van der Waals surface area contributed by atoms with Crippen LogP contribution in [-0.2, 0) is 0 Å². The largest absolute Gasteiger partial charge is 0.507 e. The van der Waals surface area contributed by atoms with Crippen molar-refractivity contribution in [1.29, 1.82) is 0 Å². The number of aliphatic hydroxyl groups excluding tert-OH is 2. The standard InChI is InChI=1S/C15H12O2/c16-14-11-8-4-5-9-12(11)15(17)13(14)10-6-2-1-3-7-10/h1-9,14,16-17H. The fourth-order valence-corrected chi connectivity index (χ4v) is 2.29. The Morgan fingerprint density at radius 3 is 2.18 bits per heavy atom. The lowest BCUT2D eigenvalue weighted by Crippen LogP contribution is -1.96. The molecule has 0 saturated heterocycles. The summed E-state index contributed by atoms with van der Waals surface area (Å²) in [6.07, 6.45) is -0.742. The lowest BCUT2D eigenvalue weighted by molar-refractivity contribution is 0.240. The van der Waals surface area contributed by atoms with E-state index in [1.165, 1.54) is 0 Å². The Morgan fingerprint density at radius 2 is 1.47 bits per heavy atom. The number of hydrogen-bond donors (Lipinski definition) is 2. The Hall–Kier alpha value is -2.06. The molecule has 1 aliphatic rings. The Morgan fingerprint density at radius 1 is 0.824 bits per heavy atom. The molecule has 0 heterocycles. The van der Waals surface area contributed by atoms with Crippen LogP contribution in [0.25, 0.3) is 11.3 Å². The van der Waals surface area contributed by atoms with Crippen LogP contribution in [0.2, 0.25) is 0 Å². The molecule has 1 aliphatic carbocycles. The minimum absolute atomic E-state index is 0.180. The van der Waals surface area contributed by atoms with Gasteiger partial charge in [-0.2, -0.15) is 0 Å². The van der Waals surface area contributed by atoms with Crippen LogP contribution >= 0.6 is 0 Å². The molecule has 84 valence electrons. The highest BCUT2D eigenvalue weighted by Gasteiger charge is 2.30. The number of benzene rings is 2. The Kier molecular flexibility index (Phi) is 2.23. The summed E-state index contributed by atoms with van der Waals surface area (Å²) in [7, 11) is 0. The second kappa shape index (κ2) is 3.75. The molecule has 0 aromatic heterocycles. The van der Waals surface area contributed by atoms with Gasteiger partial charge in [-0.3, -0.25) is 0 Å². The van der Waals surface area contributed by atoms with Crippen LogP contribution in [0, 0.1) is 0 Å². The topological polar surface area (TPSA) is 40.5 Å². The SMILES string of the molecule is OC1=C(c2ccccc2)C(O)c2ccccc21. The number of rotatable bonds is 1. The van der Waals surface area contributed by atoms with Gasteiger partial charge in [0.15, 0.2) is 0 Å². The first kappa shape index (κ1) is 10.1. The summed E-state index contributed by atoms with van der Waals surface area (Å²) in [5.74, 6) is 0.180. The zero-order valence-corrected chi connectivity index (χ0v) is 9.17. The maximum atomic E-state index is 10.2. The first-order valence-corrected chi connectivity index (χ1v) is 5.55. The number of fused-ring (bicyclic) bond motifs is 1. The van der Waals surface area contributed by atoms with Gasteiger partial charge >= 0.3 is 0 Å². The molecule has 2 aromatic rings. The van der Waals surface area contributed by atoms with E-state index in [1.807, 2.05) is 54.6 Å². The van der Waals surface area contributed by atoms with Gasteiger partial charge in [-0.1, -0.05) is 54.6 Å². The first-order chi connectivity index (χ1) is 8.29.